The van der Waals surface area contributed by atoms with Crippen molar-refractivity contribution in [2.45, 2.75) is 25.8 Å². The van der Waals surface area contributed by atoms with E-state index in [0.717, 1.165) is 24.9 Å². The molecule has 24 heavy (non-hydrogen) atoms. The lowest BCUT2D eigenvalue weighted by molar-refractivity contribution is -0.122. The highest BCUT2D eigenvalue weighted by atomic mass is 16.5. The molecule has 1 aliphatic rings. The number of amides is 1. The summed E-state index contributed by atoms with van der Waals surface area (Å²) in [6.07, 6.45) is 1.76. The van der Waals surface area contributed by atoms with Crippen LogP contribution in [0.2, 0.25) is 0 Å². The van der Waals surface area contributed by atoms with Gasteiger partial charge in [0.1, 0.15) is 0 Å². The molecule has 2 N–H and O–H groups in total. The van der Waals surface area contributed by atoms with Gasteiger partial charge < -0.3 is 19.9 Å². The van der Waals surface area contributed by atoms with E-state index in [9.17, 15) is 9.90 Å². The number of nitrogens with one attached hydrogen (secondary N) is 1. The van der Waals surface area contributed by atoms with E-state index >= 15 is 0 Å². The summed E-state index contributed by atoms with van der Waals surface area (Å²) in [5, 5.41) is 12.4. The van der Waals surface area contributed by atoms with Crippen LogP contribution in [0.4, 0.5) is 0 Å². The Morgan fingerprint density at radius 1 is 1.33 bits per heavy atom. The first-order valence-corrected chi connectivity index (χ1v) is 8.41. The molecular formula is C18H28N2O4. The molecule has 134 valence electrons. The molecule has 1 saturated heterocycles. The number of ether oxygens (including phenoxy) is 2. The third-order valence-corrected chi connectivity index (χ3v) is 4.72. The van der Waals surface area contributed by atoms with Crippen LogP contribution in [0, 0.1) is 5.92 Å². The Morgan fingerprint density at radius 3 is 2.75 bits per heavy atom. The first kappa shape index (κ1) is 18.5. The van der Waals surface area contributed by atoms with Gasteiger partial charge in [0.15, 0.2) is 11.5 Å². The van der Waals surface area contributed by atoms with Crippen molar-refractivity contribution in [1.29, 1.82) is 0 Å². The highest BCUT2D eigenvalue weighted by Crippen LogP contribution is 2.27. The molecule has 0 bridgehead atoms. The lowest BCUT2D eigenvalue weighted by Gasteiger charge is -2.24. The van der Waals surface area contributed by atoms with E-state index in [1.165, 1.54) is 0 Å². The maximum Gasteiger partial charge on any atom is 0.234 e. The van der Waals surface area contributed by atoms with Crippen LogP contribution in [0.5, 0.6) is 11.5 Å². The molecule has 0 aromatic heterocycles. The fraction of sp³-hybridized carbons (Fsp3) is 0.611. The van der Waals surface area contributed by atoms with Crippen molar-refractivity contribution in [2.75, 3.05) is 40.5 Å². The van der Waals surface area contributed by atoms with Crippen molar-refractivity contribution < 1.29 is 19.4 Å². The van der Waals surface area contributed by atoms with Crippen molar-refractivity contribution in [2.24, 2.45) is 5.92 Å². The Hall–Kier alpha value is -1.79. The lowest BCUT2D eigenvalue weighted by Crippen LogP contribution is -2.42. The van der Waals surface area contributed by atoms with Crippen LogP contribution >= 0.6 is 0 Å². The molecule has 1 aromatic rings. The van der Waals surface area contributed by atoms with Gasteiger partial charge in [-0.1, -0.05) is 13.0 Å². The summed E-state index contributed by atoms with van der Waals surface area (Å²) in [5.41, 5.74) is 1.08. The van der Waals surface area contributed by atoms with Crippen LogP contribution in [0.25, 0.3) is 0 Å². The Kier molecular flexibility index (Phi) is 6.87. The van der Waals surface area contributed by atoms with Crippen LogP contribution in [-0.4, -0.2) is 62.4 Å². The van der Waals surface area contributed by atoms with Crippen LogP contribution in [0.15, 0.2) is 18.2 Å². The fourth-order valence-electron chi connectivity index (χ4n) is 3.20. The van der Waals surface area contributed by atoms with E-state index in [2.05, 4.69) is 17.1 Å². The number of methoxy groups -OCH3 is 2. The molecule has 1 aliphatic heterocycles. The summed E-state index contributed by atoms with van der Waals surface area (Å²) in [7, 11) is 3.22. The quantitative estimate of drug-likeness (QED) is 0.743. The second-order valence-electron chi connectivity index (χ2n) is 6.28. The molecule has 6 heteroatoms. The molecule has 1 aromatic carbocycles. The molecule has 0 saturated carbocycles. The summed E-state index contributed by atoms with van der Waals surface area (Å²) in [6.45, 7) is 4.02. The number of nitrogens with zero attached hydrogens (tertiary/aromatic N) is 1. The third kappa shape index (κ3) is 4.61. The summed E-state index contributed by atoms with van der Waals surface area (Å²) in [5.74, 6) is 1.83. The normalized spacial score (nSPS) is 20.8. The number of aliphatic hydroxyl groups excluding tert-OH is 1. The molecule has 0 aliphatic carbocycles. The highest BCUT2D eigenvalue weighted by Gasteiger charge is 2.31. The maximum atomic E-state index is 12.1. The molecule has 2 atom stereocenters. The first-order valence-electron chi connectivity index (χ1n) is 8.41. The van der Waals surface area contributed by atoms with Gasteiger partial charge in [0.2, 0.25) is 5.91 Å². The van der Waals surface area contributed by atoms with Gasteiger partial charge in [-0.05, 0) is 43.0 Å². The van der Waals surface area contributed by atoms with E-state index in [1.54, 1.807) is 14.2 Å². The van der Waals surface area contributed by atoms with Crippen molar-refractivity contribution in [1.82, 2.24) is 10.2 Å². The van der Waals surface area contributed by atoms with Gasteiger partial charge >= 0.3 is 0 Å². The molecule has 0 radical (unpaired) electrons. The van der Waals surface area contributed by atoms with Gasteiger partial charge in [-0.25, -0.2) is 0 Å². The lowest BCUT2D eigenvalue weighted by atomic mass is 10.0. The average Bonchev–Trinajstić information content (AvgIpc) is 2.94. The fourth-order valence-corrected chi connectivity index (χ4v) is 3.20. The van der Waals surface area contributed by atoms with Gasteiger partial charge in [-0.15, -0.1) is 0 Å². The number of carbonyl (C=O) groups is 1. The number of hydrogen-bond acceptors (Lipinski definition) is 5. The first-order chi connectivity index (χ1) is 11.6. The van der Waals surface area contributed by atoms with Crippen molar-refractivity contribution in [3.63, 3.8) is 0 Å². The van der Waals surface area contributed by atoms with Crippen LogP contribution < -0.4 is 14.8 Å². The predicted molar refractivity (Wildman–Crippen MR) is 92.5 cm³/mol. The second kappa shape index (κ2) is 8.89. The Morgan fingerprint density at radius 2 is 2.08 bits per heavy atom. The SMILES string of the molecule is COc1ccc(CCNC(=O)CN2CC[C@@H](C)[C@@H]2CO)cc1OC. The van der Waals surface area contributed by atoms with Gasteiger partial charge in [0.25, 0.3) is 0 Å². The van der Waals surface area contributed by atoms with E-state index in [1.807, 2.05) is 18.2 Å². The number of carbonyl (C=O) groups excluding carboxylic acids is 1. The number of benzene rings is 1. The number of rotatable bonds is 8. The summed E-state index contributed by atoms with van der Waals surface area (Å²) < 4.78 is 10.5. The standard InChI is InChI=1S/C18H28N2O4/c1-13-7-9-20(15(13)12-21)11-18(22)19-8-6-14-4-5-16(23-2)17(10-14)24-3/h4-5,10,13,15,21H,6-9,11-12H2,1-3H3,(H,19,22)/t13-,15+/m1/s1. The van der Waals surface area contributed by atoms with Crippen LogP contribution in [-0.2, 0) is 11.2 Å². The third-order valence-electron chi connectivity index (χ3n) is 4.72. The maximum absolute atomic E-state index is 12.1. The molecule has 0 unspecified atom stereocenters. The minimum absolute atomic E-state index is 0.00280. The summed E-state index contributed by atoms with van der Waals surface area (Å²) in [4.78, 5) is 14.2. The Balaban J connectivity index is 1.78. The average molecular weight is 336 g/mol. The molecule has 1 fully saturated rings. The molecule has 1 amide bonds. The van der Waals surface area contributed by atoms with Gasteiger partial charge in [-0.2, -0.15) is 0 Å². The zero-order valence-electron chi connectivity index (χ0n) is 14.7. The molecule has 1 heterocycles. The van der Waals surface area contributed by atoms with Crippen LogP contribution in [0.3, 0.4) is 0 Å². The zero-order valence-corrected chi connectivity index (χ0v) is 14.7. The largest absolute Gasteiger partial charge is 0.493 e. The van der Waals surface area contributed by atoms with Crippen molar-refractivity contribution in [3.8, 4) is 11.5 Å². The Labute approximate surface area is 143 Å². The molecule has 0 spiro atoms. The molecule has 2 rings (SSSR count). The molecular weight excluding hydrogens is 308 g/mol. The highest BCUT2D eigenvalue weighted by molar-refractivity contribution is 5.78. The smallest absolute Gasteiger partial charge is 0.234 e. The minimum Gasteiger partial charge on any atom is -0.493 e. The monoisotopic (exact) mass is 336 g/mol. The van der Waals surface area contributed by atoms with Crippen LogP contribution in [0.1, 0.15) is 18.9 Å². The number of aliphatic hydroxyl groups is 1. The predicted octanol–water partition coefficient (Wildman–Crippen LogP) is 1.07. The zero-order chi connectivity index (χ0) is 17.5. The molecule has 6 nitrogen and oxygen atoms in total. The van der Waals surface area contributed by atoms with Gasteiger partial charge in [0, 0.05) is 12.6 Å². The van der Waals surface area contributed by atoms with Crippen molar-refractivity contribution >= 4 is 5.91 Å². The minimum atomic E-state index is 0.00280. The summed E-state index contributed by atoms with van der Waals surface area (Å²) in [6, 6.07) is 5.86. The summed E-state index contributed by atoms with van der Waals surface area (Å²) >= 11 is 0. The number of hydrogen-bond donors (Lipinski definition) is 2. The van der Waals surface area contributed by atoms with E-state index in [-0.39, 0.29) is 18.6 Å². The van der Waals surface area contributed by atoms with E-state index in [0.29, 0.717) is 30.5 Å². The topological polar surface area (TPSA) is 71.0 Å². The Bertz CT molecular complexity index is 550. The van der Waals surface area contributed by atoms with E-state index in [4.69, 9.17) is 9.47 Å². The van der Waals surface area contributed by atoms with Gasteiger partial charge in [0.05, 0.1) is 27.4 Å². The van der Waals surface area contributed by atoms with Gasteiger partial charge in [-0.3, -0.25) is 9.69 Å². The number of likely N-dealkylation sites (tertiary alicyclic amines) is 1. The second-order valence-corrected chi connectivity index (χ2v) is 6.28. The van der Waals surface area contributed by atoms with E-state index < -0.39 is 0 Å². The van der Waals surface area contributed by atoms with Crippen molar-refractivity contribution in [3.05, 3.63) is 23.8 Å².